The Morgan fingerprint density at radius 3 is 3.11 bits per heavy atom. The van der Waals surface area contributed by atoms with Crippen molar-refractivity contribution in [3.63, 3.8) is 0 Å². The van der Waals surface area contributed by atoms with Crippen LogP contribution >= 0.6 is 11.3 Å². The monoisotopic (exact) mass is 278 g/mol. The van der Waals surface area contributed by atoms with Gasteiger partial charge in [-0.25, -0.2) is 0 Å². The number of piperazine rings is 1. The van der Waals surface area contributed by atoms with Gasteiger partial charge in [0.2, 0.25) is 0 Å². The van der Waals surface area contributed by atoms with Crippen molar-refractivity contribution in [1.29, 1.82) is 0 Å². The fourth-order valence-corrected chi connectivity index (χ4v) is 4.39. The summed E-state index contributed by atoms with van der Waals surface area (Å²) in [6.45, 7) is 7.10. The quantitative estimate of drug-likeness (QED) is 0.855. The predicted molar refractivity (Wildman–Crippen MR) is 78.9 cm³/mol. The first-order valence-corrected chi connectivity index (χ1v) is 8.15. The molecule has 1 amide bonds. The van der Waals surface area contributed by atoms with Gasteiger partial charge in [-0.3, -0.25) is 4.79 Å². The summed E-state index contributed by atoms with van der Waals surface area (Å²) in [7, 11) is 0. The van der Waals surface area contributed by atoms with E-state index in [1.807, 2.05) is 4.90 Å². The summed E-state index contributed by atoms with van der Waals surface area (Å²) in [5, 5.41) is 5.44. The minimum Gasteiger partial charge on any atom is -0.333 e. The highest BCUT2D eigenvalue weighted by atomic mass is 32.1. The van der Waals surface area contributed by atoms with Crippen LogP contribution in [0.5, 0.6) is 0 Å². The number of hydrogen-bond acceptors (Lipinski definition) is 3. The van der Waals surface area contributed by atoms with E-state index in [1.165, 1.54) is 16.9 Å². The number of amides is 1. The first kappa shape index (κ1) is 13.1. The summed E-state index contributed by atoms with van der Waals surface area (Å²) in [6.07, 6.45) is 3.47. The Balaban J connectivity index is 1.84. The number of thiophene rings is 1. The van der Waals surface area contributed by atoms with Crippen LogP contribution in [0, 0.1) is 5.92 Å². The van der Waals surface area contributed by atoms with Gasteiger partial charge in [-0.05, 0) is 37.7 Å². The second-order valence-electron chi connectivity index (χ2n) is 5.95. The van der Waals surface area contributed by atoms with Crippen molar-refractivity contribution < 1.29 is 4.79 Å². The van der Waals surface area contributed by atoms with Crippen molar-refractivity contribution in [2.75, 3.05) is 19.6 Å². The lowest BCUT2D eigenvalue weighted by molar-refractivity contribution is 0.0655. The fourth-order valence-electron chi connectivity index (χ4n) is 3.15. The van der Waals surface area contributed by atoms with Crippen LogP contribution < -0.4 is 5.32 Å². The smallest absolute Gasteiger partial charge is 0.255 e. The Morgan fingerprint density at radius 1 is 1.47 bits per heavy atom. The summed E-state index contributed by atoms with van der Waals surface area (Å²) in [6, 6.07) is 0.305. The zero-order valence-corrected chi connectivity index (χ0v) is 12.6. The van der Waals surface area contributed by atoms with Crippen LogP contribution in [0.1, 0.15) is 41.1 Å². The van der Waals surface area contributed by atoms with Gasteiger partial charge in [0.15, 0.2) is 0 Å². The normalized spacial score (nSPS) is 27.2. The number of nitrogens with zero attached hydrogens (tertiary/aromatic N) is 1. The molecule has 1 aliphatic carbocycles. The Labute approximate surface area is 119 Å². The maximum absolute atomic E-state index is 12.7. The second kappa shape index (κ2) is 5.25. The molecule has 3 nitrogen and oxygen atoms in total. The second-order valence-corrected chi connectivity index (χ2v) is 6.91. The molecule has 1 aromatic rings. The summed E-state index contributed by atoms with van der Waals surface area (Å²) < 4.78 is 0. The van der Waals surface area contributed by atoms with Crippen LogP contribution in [0.2, 0.25) is 0 Å². The molecule has 1 fully saturated rings. The molecule has 0 spiro atoms. The first-order chi connectivity index (χ1) is 9.16. The average Bonchev–Trinajstić information content (AvgIpc) is 2.81. The number of carbonyl (C=O) groups excluding carboxylic acids is 1. The summed E-state index contributed by atoms with van der Waals surface area (Å²) in [4.78, 5) is 16.2. The van der Waals surface area contributed by atoms with Crippen molar-refractivity contribution in [1.82, 2.24) is 10.2 Å². The standard InChI is InChI=1S/C15H22N2OS/c1-10-3-4-12-13(9-19-14(12)7-10)15(18)17-6-5-16-8-11(17)2/h9-11,16H,3-8H2,1-2H3/t10?,11-/m0/s1. The first-order valence-electron chi connectivity index (χ1n) is 7.27. The molecular formula is C15H22N2OS. The maximum Gasteiger partial charge on any atom is 0.255 e. The zero-order chi connectivity index (χ0) is 13.4. The average molecular weight is 278 g/mol. The minimum absolute atomic E-state index is 0.251. The molecule has 2 atom stereocenters. The highest BCUT2D eigenvalue weighted by Crippen LogP contribution is 2.33. The van der Waals surface area contributed by atoms with E-state index in [9.17, 15) is 4.79 Å². The third-order valence-corrected chi connectivity index (χ3v) is 5.45. The Morgan fingerprint density at radius 2 is 2.32 bits per heavy atom. The van der Waals surface area contributed by atoms with Crippen molar-refractivity contribution >= 4 is 17.2 Å². The Kier molecular flexibility index (Phi) is 3.63. The van der Waals surface area contributed by atoms with Gasteiger partial charge < -0.3 is 10.2 Å². The van der Waals surface area contributed by atoms with E-state index in [1.54, 1.807) is 11.3 Å². The highest BCUT2D eigenvalue weighted by Gasteiger charge is 2.29. The third kappa shape index (κ3) is 2.43. The van der Waals surface area contributed by atoms with Crippen LogP contribution in [0.4, 0.5) is 0 Å². The topological polar surface area (TPSA) is 32.3 Å². The molecule has 1 N–H and O–H groups in total. The fraction of sp³-hybridized carbons (Fsp3) is 0.667. The number of rotatable bonds is 1. The Bertz CT molecular complexity index is 482. The summed E-state index contributed by atoms with van der Waals surface area (Å²) >= 11 is 1.79. The van der Waals surface area contributed by atoms with E-state index >= 15 is 0 Å². The lowest BCUT2D eigenvalue weighted by atomic mass is 9.88. The van der Waals surface area contributed by atoms with Crippen molar-refractivity contribution in [3.8, 4) is 0 Å². The van der Waals surface area contributed by atoms with Crippen LogP contribution in [-0.2, 0) is 12.8 Å². The molecule has 1 saturated heterocycles. The SMILES string of the molecule is CC1CCc2c(C(=O)N3CCNC[C@@H]3C)csc2C1. The molecule has 0 aromatic carbocycles. The number of fused-ring (bicyclic) bond motifs is 1. The molecule has 1 unspecified atom stereocenters. The van der Waals surface area contributed by atoms with E-state index in [4.69, 9.17) is 0 Å². The molecule has 2 aliphatic rings. The molecule has 1 aromatic heterocycles. The van der Waals surface area contributed by atoms with Crippen LogP contribution in [0.15, 0.2) is 5.38 Å². The number of hydrogen-bond donors (Lipinski definition) is 1. The summed E-state index contributed by atoms with van der Waals surface area (Å²) in [5.74, 6) is 1.02. The molecule has 0 radical (unpaired) electrons. The molecule has 0 bridgehead atoms. The molecule has 0 saturated carbocycles. The molecule has 1 aliphatic heterocycles. The van der Waals surface area contributed by atoms with E-state index in [0.29, 0.717) is 6.04 Å². The third-order valence-electron chi connectivity index (χ3n) is 4.39. The minimum atomic E-state index is 0.251. The largest absolute Gasteiger partial charge is 0.333 e. The molecule has 104 valence electrons. The highest BCUT2D eigenvalue weighted by molar-refractivity contribution is 7.10. The Hall–Kier alpha value is -0.870. The lowest BCUT2D eigenvalue weighted by Crippen LogP contribution is -2.52. The summed E-state index contributed by atoms with van der Waals surface area (Å²) in [5.41, 5.74) is 2.33. The van der Waals surface area contributed by atoms with Gasteiger partial charge in [0.1, 0.15) is 0 Å². The molecule has 4 heteroatoms. The van der Waals surface area contributed by atoms with Crippen molar-refractivity contribution in [2.24, 2.45) is 5.92 Å². The number of nitrogens with one attached hydrogen (secondary N) is 1. The van der Waals surface area contributed by atoms with E-state index in [0.717, 1.165) is 44.0 Å². The van der Waals surface area contributed by atoms with Crippen LogP contribution in [0.25, 0.3) is 0 Å². The van der Waals surface area contributed by atoms with E-state index in [2.05, 4.69) is 24.5 Å². The molecular weight excluding hydrogens is 256 g/mol. The zero-order valence-electron chi connectivity index (χ0n) is 11.7. The van der Waals surface area contributed by atoms with Crippen LogP contribution in [0.3, 0.4) is 0 Å². The van der Waals surface area contributed by atoms with Gasteiger partial charge in [0, 0.05) is 35.9 Å². The van der Waals surface area contributed by atoms with Crippen molar-refractivity contribution in [3.05, 3.63) is 21.4 Å². The van der Waals surface area contributed by atoms with E-state index < -0.39 is 0 Å². The van der Waals surface area contributed by atoms with Gasteiger partial charge in [-0.15, -0.1) is 11.3 Å². The van der Waals surface area contributed by atoms with Gasteiger partial charge in [0.25, 0.3) is 5.91 Å². The van der Waals surface area contributed by atoms with Gasteiger partial charge in [-0.2, -0.15) is 0 Å². The van der Waals surface area contributed by atoms with Gasteiger partial charge in [-0.1, -0.05) is 6.92 Å². The molecule has 2 heterocycles. The maximum atomic E-state index is 12.7. The van der Waals surface area contributed by atoms with Crippen LogP contribution in [-0.4, -0.2) is 36.5 Å². The molecule has 19 heavy (non-hydrogen) atoms. The van der Waals surface area contributed by atoms with Crippen molar-refractivity contribution in [2.45, 2.75) is 39.2 Å². The molecule has 3 rings (SSSR count). The lowest BCUT2D eigenvalue weighted by Gasteiger charge is -2.34. The predicted octanol–water partition coefficient (Wildman–Crippen LogP) is 2.31. The van der Waals surface area contributed by atoms with Gasteiger partial charge >= 0.3 is 0 Å². The van der Waals surface area contributed by atoms with E-state index in [-0.39, 0.29) is 5.91 Å². The number of carbonyl (C=O) groups is 1. The van der Waals surface area contributed by atoms with Gasteiger partial charge in [0.05, 0.1) is 5.56 Å².